The first-order valence-corrected chi connectivity index (χ1v) is 10.2. The number of hydrogen-bond acceptors (Lipinski definition) is 5. The number of rotatable bonds is 4. The molecule has 0 bridgehead atoms. The van der Waals surface area contributed by atoms with Gasteiger partial charge in [0.2, 0.25) is 0 Å². The van der Waals surface area contributed by atoms with E-state index in [1.165, 1.54) is 28.4 Å². The number of aromatic nitrogens is 1. The Morgan fingerprint density at radius 2 is 1.66 bits per heavy atom. The Labute approximate surface area is 180 Å². The minimum atomic E-state index is -0.583. The second-order valence-corrected chi connectivity index (χ2v) is 8.00. The summed E-state index contributed by atoms with van der Waals surface area (Å²) in [4.78, 5) is 45.3. The molecule has 2 aromatic carbocycles. The van der Waals surface area contributed by atoms with Crippen LogP contribution in [0.15, 0.2) is 47.8 Å². The van der Waals surface area contributed by atoms with Gasteiger partial charge in [-0.05, 0) is 31.2 Å². The van der Waals surface area contributed by atoms with Crippen molar-refractivity contribution in [2.24, 2.45) is 0 Å². The van der Waals surface area contributed by atoms with Crippen LogP contribution in [0.25, 0.3) is 0 Å². The maximum absolute atomic E-state index is 13.2. The third kappa shape index (κ3) is 3.53. The van der Waals surface area contributed by atoms with Crippen molar-refractivity contribution in [3.8, 4) is 0 Å². The number of carbonyl (C=O) groups excluding carboxylic acids is 3. The summed E-state index contributed by atoms with van der Waals surface area (Å²) >= 11 is 13.3. The molecule has 1 aromatic heterocycles. The normalized spacial score (nSPS) is 13.0. The van der Waals surface area contributed by atoms with E-state index in [-0.39, 0.29) is 21.2 Å². The monoisotopic (exact) mass is 445 g/mol. The van der Waals surface area contributed by atoms with Crippen molar-refractivity contribution >= 4 is 63.1 Å². The van der Waals surface area contributed by atoms with E-state index in [2.05, 4.69) is 4.98 Å². The van der Waals surface area contributed by atoms with Gasteiger partial charge in [0, 0.05) is 5.38 Å². The zero-order valence-electron chi connectivity index (χ0n) is 15.1. The number of aryl methyl sites for hydroxylation is 1. The highest BCUT2D eigenvalue weighted by Gasteiger charge is 2.38. The highest BCUT2D eigenvalue weighted by molar-refractivity contribution is 7.14. The first-order chi connectivity index (χ1) is 13.9. The molecule has 6 nitrogen and oxygen atoms in total. The molecule has 2 heterocycles. The molecule has 0 spiro atoms. The average Bonchev–Trinajstić information content (AvgIpc) is 3.21. The number of para-hydroxylation sites is 1. The summed E-state index contributed by atoms with van der Waals surface area (Å²) in [7, 11) is 0. The summed E-state index contributed by atoms with van der Waals surface area (Å²) in [5.41, 5.74) is 1.63. The van der Waals surface area contributed by atoms with Gasteiger partial charge in [-0.15, -0.1) is 11.3 Å². The minimum Gasteiger partial charge on any atom is -0.272 e. The molecule has 1 aliphatic rings. The van der Waals surface area contributed by atoms with E-state index in [1.54, 1.807) is 24.3 Å². The molecule has 0 fully saturated rings. The van der Waals surface area contributed by atoms with E-state index in [4.69, 9.17) is 23.2 Å². The van der Waals surface area contributed by atoms with Crippen LogP contribution in [0.5, 0.6) is 0 Å². The Balaban J connectivity index is 1.66. The molecule has 0 radical (unpaired) electrons. The molecule has 0 saturated heterocycles. The van der Waals surface area contributed by atoms with E-state index < -0.39 is 24.3 Å². The number of hydrogen-bond donors (Lipinski definition) is 0. The molecular weight excluding hydrogens is 433 g/mol. The lowest BCUT2D eigenvalue weighted by Gasteiger charge is -2.22. The molecule has 0 atom stereocenters. The molecule has 29 heavy (non-hydrogen) atoms. The van der Waals surface area contributed by atoms with Gasteiger partial charge >= 0.3 is 0 Å². The van der Waals surface area contributed by atoms with Gasteiger partial charge in [0.25, 0.3) is 17.7 Å². The Morgan fingerprint density at radius 3 is 2.17 bits per heavy atom. The highest BCUT2D eigenvalue weighted by atomic mass is 35.5. The van der Waals surface area contributed by atoms with Crippen molar-refractivity contribution < 1.29 is 14.4 Å². The molecule has 0 aliphatic carbocycles. The Morgan fingerprint density at radius 1 is 1.07 bits per heavy atom. The molecule has 1 aliphatic heterocycles. The first kappa shape index (κ1) is 19.6. The van der Waals surface area contributed by atoms with Gasteiger partial charge in [-0.3, -0.25) is 24.2 Å². The predicted molar refractivity (Wildman–Crippen MR) is 112 cm³/mol. The first-order valence-electron chi connectivity index (χ1n) is 8.52. The van der Waals surface area contributed by atoms with E-state index >= 15 is 0 Å². The Kier molecular flexibility index (Phi) is 5.12. The van der Waals surface area contributed by atoms with Gasteiger partial charge in [0.1, 0.15) is 6.54 Å². The lowest BCUT2D eigenvalue weighted by Crippen LogP contribution is -2.41. The molecule has 3 amide bonds. The standard InChI is InChI=1S/C20H13Cl2N3O3S/c1-11-10-29-20(23-11)25(12-5-3-2-4-6-12)17(26)9-24-18(27)13-7-15(21)16(22)8-14(13)19(24)28/h2-8,10H,9H2,1H3. The van der Waals surface area contributed by atoms with Crippen molar-refractivity contribution in [3.05, 3.63) is 74.7 Å². The summed E-state index contributed by atoms with van der Waals surface area (Å²) in [5, 5.41) is 2.62. The van der Waals surface area contributed by atoms with Crippen LogP contribution < -0.4 is 4.90 Å². The second-order valence-electron chi connectivity index (χ2n) is 6.34. The maximum atomic E-state index is 13.2. The van der Waals surface area contributed by atoms with E-state index in [1.807, 2.05) is 18.4 Å². The number of anilines is 2. The van der Waals surface area contributed by atoms with Crippen LogP contribution in [0.3, 0.4) is 0 Å². The lowest BCUT2D eigenvalue weighted by atomic mass is 10.1. The number of thiazole rings is 1. The van der Waals surface area contributed by atoms with Crippen LogP contribution in [-0.2, 0) is 4.79 Å². The molecule has 9 heteroatoms. The number of fused-ring (bicyclic) bond motifs is 1. The molecule has 0 saturated carbocycles. The van der Waals surface area contributed by atoms with Crippen molar-refractivity contribution in [3.63, 3.8) is 0 Å². The SMILES string of the molecule is Cc1csc(N(C(=O)CN2C(=O)c3cc(Cl)c(Cl)cc3C2=O)c2ccccc2)n1. The van der Waals surface area contributed by atoms with E-state index in [9.17, 15) is 14.4 Å². The Bertz CT molecular complexity index is 1110. The van der Waals surface area contributed by atoms with E-state index in [0.29, 0.717) is 10.8 Å². The van der Waals surface area contributed by atoms with Gasteiger partial charge in [0.15, 0.2) is 5.13 Å². The second kappa shape index (κ2) is 7.59. The fraction of sp³-hybridized carbons (Fsp3) is 0.100. The highest BCUT2D eigenvalue weighted by Crippen LogP contribution is 2.33. The predicted octanol–water partition coefficient (Wildman–Crippen LogP) is 4.72. The van der Waals surface area contributed by atoms with Gasteiger partial charge in [-0.25, -0.2) is 4.98 Å². The zero-order chi connectivity index (χ0) is 20.7. The van der Waals surface area contributed by atoms with Crippen LogP contribution >= 0.6 is 34.5 Å². The number of carbonyl (C=O) groups is 3. The molecule has 0 unspecified atom stereocenters. The van der Waals surface area contributed by atoms with Crippen LogP contribution in [0.1, 0.15) is 26.4 Å². The topological polar surface area (TPSA) is 70.6 Å². The van der Waals surface area contributed by atoms with Gasteiger partial charge < -0.3 is 0 Å². The van der Waals surface area contributed by atoms with Gasteiger partial charge in [-0.1, -0.05) is 41.4 Å². The number of imide groups is 1. The van der Waals surface area contributed by atoms with Crippen molar-refractivity contribution in [1.82, 2.24) is 9.88 Å². The third-order valence-corrected chi connectivity index (χ3v) is 6.03. The average molecular weight is 446 g/mol. The fourth-order valence-electron chi connectivity index (χ4n) is 3.02. The molecular formula is C20H13Cl2N3O3S. The summed E-state index contributed by atoms with van der Waals surface area (Å²) in [6, 6.07) is 11.6. The molecule has 4 rings (SSSR count). The van der Waals surface area contributed by atoms with Crippen molar-refractivity contribution in [2.45, 2.75) is 6.92 Å². The smallest absolute Gasteiger partial charge is 0.262 e. The molecule has 146 valence electrons. The van der Waals surface area contributed by atoms with Crippen LogP contribution in [0, 0.1) is 6.92 Å². The maximum Gasteiger partial charge on any atom is 0.262 e. The quantitative estimate of drug-likeness (QED) is 0.544. The number of nitrogens with zero attached hydrogens (tertiary/aromatic N) is 3. The fourth-order valence-corrected chi connectivity index (χ4v) is 4.18. The summed E-state index contributed by atoms with van der Waals surface area (Å²) in [5.74, 6) is -1.63. The van der Waals surface area contributed by atoms with Crippen molar-refractivity contribution in [1.29, 1.82) is 0 Å². The number of amides is 3. The lowest BCUT2D eigenvalue weighted by molar-refractivity contribution is -0.118. The third-order valence-electron chi connectivity index (χ3n) is 4.37. The van der Waals surface area contributed by atoms with Crippen LogP contribution in [0.2, 0.25) is 10.0 Å². The van der Waals surface area contributed by atoms with Crippen LogP contribution in [-0.4, -0.2) is 34.2 Å². The van der Waals surface area contributed by atoms with E-state index in [0.717, 1.165) is 10.6 Å². The minimum absolute atomic E-state index is 0.133. The molecule has 0 N–H and O–H groups in total. The van der Waals surface area contributed by atoms with Gasteiger partial charge in [0.05, 0.1) is 32.6 Å². The van der Waals surface area contributed by atoms with Crippen LogP contribution in [0.4, 0.5) is 10.8 Å². The van der Waals surface area contributed by atoms with Gasteiger partial charge in [-0.2, -0.15) is 0 Å². The summed E-state index contributed by atoms with van der Waals surface area (Å²) < 4.78 is 0. The molecule has 3 aromatic rings. The number of benzene rings is 2. The Hall–Kier alpha value is -2.74. The largest absolute Gasteiger partial charge is 0.272 e. The summed E-state index contributed by atoms with van der Waals surface area (Å²) in [6.07, 6.45) is 0. The summed E-state index contributed by atoms with van der Waals surface area (Å²) in [6.45, 7) is 1.39. The zero-order valence-corrected chi connectivity index (χ0v) is 17.4. The number of halogens is 2. The van der Waals surface area contributed by atoms with Crippen molar-refractivity contribution in [2.75, 3.05) is 11.4 Å².